The Morgan fingerprint density at radius 2 is 1.92 bits per heavy atom. The van der Waals surface area contributed by atoms with Crippen molar-refractivity contribution in [3.63, 3.8) is 0 Å². The maximum absolute atomic E-state index is 12.4. The summed E-state index contributed by atoms with van der Waals surface area (Å²) in [5.41, 5.74) is 1.75. The highest BCUT2D eigenvalue weighted by Gasteiger charge is 2.42. The Labute approximate surface area is 138 Å². The highest BCUT2D eigenvalue weighted by atomic mass is 16.5. The summed E-state index contributed by atoms with van der Waals surface area (Å²) in [6.07, 6.45) is 3.10. The fourth-order valence-electron chi connectivity index (χ4n) is 3.29. The Morgan fingerprint density at radius 1 is 1.17 bits per heavy atom. The van der Waals surface area contributed by atoms with Crippen LogP contribution in [-0.2, 0) is 23.9 Å². The molecule has 0 fully saturated rings. The molecule has 1 aliphatic carbocycles. The standard InChI is InChI=1S/C18H17NO5/c1-23-17(21)13-8-10(20)7-12(16(13)18(22)24-2)14-9-19-15-6-4-3-5-11(14)15/h3-6,8-9,12,16,19H,7H2,1-2H3/t12-,16-/m1/s1. The van der Waals surface area contributed by atoms with Gasteiger partial charge < -0.3 is 14.5 Å². The summed E-state index contributed by atoms with van der Waals surface area (Å²) >= 11 is 0. The number of hydrogen-bond donors (Lipinski definition) is 1. The van der Waals surface area contributed by atoms with E-state index in [1.54, 1.807) is 6.20 Å². The molecule has 6 heteroatoms. The van der Waals surface area contributed by atoms with E-state index < -0.39 is 23.8 Å². The second-order valence-electron chi connectivity index (χ2n) is 5.66. The summed E-state index contributed by atoms with van der Waals surface area (Å²) < 4.78 is 9.62. The van der Waals surface area contributed by atoms with Gasteiger partial charge in [0.25, 0.3) is 0 Å². The number of esters is 2. The predicted octanol–water partition coefficient (Wildman–Crippen LogP) is 2.11. The van der Waals surface area contributed by atoms with E-state index in [0.29, 0.717) is 0 Å². The number of ketones is 1. The van der Waals surface area contributed by atoms with Gasteiger partial charge in [-0.3, -0.25) is 9.59 Å². The molecule has 0 saturated carbocycles. The van der Waals surface area contributed by atoms with Gasteiger partial charge >= 0.3 is 11.9 Å². The molecule has 3 rings (SSSR count). The lowest BCUT2D eigenvalue weighted by atomic mass is 9.74. The molecule has 0 bridgehead atoms. The Hall–Kier alpha value is -2.89. The zero-order valence-electron chi connectivity index (χ0n) is 13.4. The van der Waals surface area contributed by atoms with Gasteiger partial charge in [-0.2, -0.15) is 0 Å². The van der Waals surface area contributed by atoms with Crippen molar-refractivity contribution in [3.05, 3.63) is 47.7 Å². The monoisotopic (exact) mass is 327 g/mol. The fraction of sp³-hybridized carbons (Fsp3) is 0.278. The molecule has 1 aromatic carbocycles. The third-order valence-electron chi connectivity index (χ3n) is 4.37. The van der Waals surface area contributed by atoms with Crippen LogP contribution in [0.25, 0.3) is 10.9 Å². The van der Waals surface area contributed by atoms with Crippen molar-refractivity contribution in [1.29, 1.82) is 0 Å². The highest BCUT2D eigenvalue weighted by Crippen LogP contribution is 2.41. The smallest absolute Gasteiger partial charge is 0.334 e. The summed E-state index contributed by atoms with van der Waals surface area (Å²) in [5.74, 6) is -2.83. The first-order valence-electron chi connectivity index (χ1n) is 7.53. The Bertz CT molecular complexity index is 848. The first-order chi connectivity index (χ1) is 11.6. The molecule has 0 aliphatic heterocycles. The maximum Gasteiger partial charge on any atom is 0.334 e. The molecule has 6 nitrogen and oxygen atoms in total. The fourth-order valence-corrected chi connectivity index (χ4v) is 3.29. The van der Waals surface area contributed by atoms with Crippen LogP contribution in [0.4, 0.5) is 0 Å². The number of aromatic amines is 1. The Kier molecular flexibility index (Phi) is 4.20. The lowest BCUT2D eigenvalue weighted by molar-refractivity contribution is -0.148. The van der Waals surface area contributed by atoms with Crippen LogP contribution >= 0.6 is 0 Å². The summed E-state index contributed by atoms with van der Waals surface area (Å²) in [6, 6.07) is 7.60. The molecule has 0 radical (unpaired) electrons. The molecule has 1 aliphatic rings. The number of hydrogen-bond acceptors (Lipinski definition) is 5. The van der Waals surface area contributed by atoms with Crippen molar-refractivity contribution in [2.24, 2.45) is 5.92 Å². The number of aromatic nitrogens is 1. The van der Waals surface area contributed by atoms with Crippen LogP contribution in [0.15, 0.2) is 42.1 Å². The zero-order chi connectivity index (χ0) is 17.3. The first kappa shape index (κ1) is 16.0. The number of methoxy groups -OCH3 is 2. The SMILES string of the molecule is COC(=O)C1=CC(=O)C[C@H](c2c[nH]c3ccccc23)[C@H]1C(=O)OC. The van der Waals surface area contributed by atoms with Crippen molar-refractivity contribution in [1.82, 2.24) is 4.98 Å². The third kappa shape index (κ3) is 2.60. The molecule has 0 amide bonds. The maximum atomic E-state index is 12.4. The first-order valence-corrected chi connectivity index (χ1v) is 7.53. The number of para-hydroxylation sites is 1. The van der Waals surface area contributed by atoms with E-state index in [2.05, 4.69) is 4.98 Å². The number of fused-ring (bicyclic) bond motifs is 1. The average molecular weight is 327 g/mol. The second kappa shape index (κ2) is 6.31. The van der Waals surface area contributed by atoms with Crippen molar-refractivity contribution >= 4 is 28.6 Å². The van der Waals surface area contributed by atoms with E-state index in [4.69, 9.17) is 9.47 Å². The molecule has 1 heterocycles. The van der Waals surface area contributed by atoms with E-state index in [9.17, 15) is 14.4 Å². The number of H-pyrrole nitrogens is 1. The van der Waals surface area contributed by atoms with Gasteiger partial charge in [0, 0.05) is 29.4 Å². The molecular formula is C18H17NO5. The zero-order valence-corrected chi connectivity index (χ0v) is 13.4. The van der Waals surface area contributed by atoms with Crippen molar-refractivity contribution in [2.75, 3.05) is 14.2 Å². The lowest BCUT2D eigenvalue weighted by Gasteiger charge is -2.28. The van der Waals surface area contributed by atoms with Crippen molar-refractivity contribution in [3.8, 4) is 0 Å². The van der Waals surface area contributed by atoms with Gasteiger partial charge in [-0.1, -0.05) is 18.2 Å². The minimum Gasteiger partial charge on any atom is -0.469 e. The van der Waals surface area contributed by atoms with Crippen molar-refractivity contribution in [2.45, 2.75) is 12.3 Å². The van der Waals surface area contributed by atoms with Gasteiger partial charge in [0.2, 0.25) is 0 Å². The summed E-state index contributed by atoms with van der Waals surface area (Å²) in [7, 11) is 2.48. The van der Waals surface area contributed by atoms with Gasteiger partial charge in [-0.15, -0.1) is 0 Å². The molecular weight excluding hydrogens is 310 g/mol. The minimum absolute atomic E-state index is 0.0379. The molecule has 1 aromatic heterocycles. The Morgan fingerprint density at radius 3 is 2.62 bits per heavy atom. The van der Waals surface area contributed by atoms with E-state index in [1.807, 2.05) is 24.3 Å². The minimum atomic E-state index is -0.876. The average Bonchev–Trinajstić information content (AvgIpc) is 3.03. The van der Waals surface area contributed by atoms with E-state index >= 15 is 0 Å². The lowest BCUT2D eigenvalue weighted by Crippen LogP contribution is -2.34. The number of rotatable bonds is 3. The molecule has 24 heavy (non-hydrogen) atoms. The number of nitrogens with one attached hydrogen (secondary N) is 1. The van der Waals surface area contributed by atoms with Crippen LogP contribution in [0.3, 0.4) is 0 Å². The van der Waals surface area contributed by atoms with Gasteiger partial charge in [0.15, 0.2) is 5.78 Å². The van der Waals surface area contributed by atoms with Crippen LogP contribution in [-0.4, -0.2) is 36.9 Å². The van der Waals surface area contributed by atoms with Crippen LogP contribution in [0.1, 0.15) is 17.9 Å². The predicted molar refractivity (Wildman–Crippen MR) is 86.3 cm³/mol. The van der Waals surface area contributed by atoms with Crippen LogP contribution in [0.5, 0.6) is 0 Å². The Balaban J connectivity index is 2.14. The number of benzene rings is 1. The normalized spacial score (nSPS) is 20.6. The van der Waals surface area contributed by atoms with Crippen LogP contribution < -0.4 is 0 Å². The van der Waals surface area contributed by atoms with E-state index in [1.165, 1.54) is 20.3 Å². The molecule has 0 saturated heterocycles. The van der Waals surface area contributed by atoms with Gasteiger partial charge in [0.1, 0.15) is 0 Å². The number of carbonyl (C=O) groups excluding carboxylic acids is 3. The molecule has 0 spiro atoms. The van der Waals surface area contributed by atoms with Gasteiger partial charge in [-0.25, -0.2) is 4.79 Å². The number of ether oxygens (including phenoxy) is 2. The molecule has 2 aromatic rings. The van der Waals surface area contributed by atoms with Crippen LogP contribution in [0, 0.1) is 5.92 Å². The molecule has 124 valence electrons. The molecule has 1 N–H and O–H groups in total. The van der Waals surface area contributed by atoms with Gasteiger partial charge in [-0.05, 0) is 17.7 Å². The summed E-state index contributed by atoms with van der Waals surface area (Å²) in [4.78, 5) is 39.7. The van der Waals surface area contributed by atoms with Crippen molar-refractivity contribution < 1.29 is 23.9 Å². The summed E-state index contributed by atoms with van der Waals surface area (Å²) in [5, 5.41) is 0.912. The highest BCUT2D eigenvalue weighted by molar-refractivity contribution is 6.06. The quantitative estimate of drug-likeness (QED) is 0.873. The summed E-state index contributed by atoms with van der Waals surface area (Å²) in [6.45, 7) is 0. The van der Waals surface area contributed by atoms with E-state index in [-0.39, 0.29) is 17.8 Å². The molecule has 0 unspecified atom stereocenters. The van der Waals surface area contributed by atoms with Crippen LogP contribution in [0.2, 0.25) is 0 Å². The largest absolute Gasteiger partial charge is 0.469 e. The van der Waals surface area contributed by atoms with Gasteiger partial charge in [0.05, 0.1) is 25.7 Å². The second-order valence-corrected chi connectivity index (χ2v) is 5.66. The molecule has 2 atom stereocenters. The number of carbonyl (C=O) groups is 3. The number of allylic oxidation sites excluding steroid dienone is 1. The van der Waals surface area contributed by atoms with E-state index in [0.717, 1.165) is 16.5 Å². The third-order valence-corrected chi connectivity index (χ3v) is 4.37. The topological polar surface area (TPSA) is 85.5 Å².